The van der Waals surface area contributed by atoms with E-state index in [2.05, 4.69) is 9.97 Å². The van der Waals surface area contributed by atoms with Crippen LogP contribution in [0.4, 0.5) is 0 Å². The summed E-state index contributed by atoms with van der Waals surface area (Å²) in [4.78, 5) is 7.32. The maximum absolute atomic E-state index is 5.60. The highest BCUT2D eigenvalue weighted by Gasteiger charge is 2.19. The zero-order chi connectivity index (χ0) is 9.97. The van der Waals surface area contributed by atoms with E-state index in [-0.39, 0.29) is 0 Å². The molecule has 3 nitrogen and oxygen atoms in total. The second kappa shape index (κ2) is 4.19. The van der Waals surface area contributed by atoms with Crippen molar-refractivity contribution in [3.05, 3.63) is 22.2 Å². The molecule has 76 valence electrons. The Morgan fingerprint density at radius 1 is 1.64 bits per heavy atom. The average Bonchev–Trinajstić information content (AvgIpc) is 2.18. The van der Waals surface area contributed by atoms with Gasteiger partial charge >= 0.3 is 0 Å². The summed E-state index contributed by atoms with van der Waals surface area (Å²) >= 11 is 5.01. The molecule has 0 saturated carbocycles. The fraction of sp³-hybridized carbons (Fsp3) is 0.600. The van der Waals surface area contributed by atoms with Gasteiger partial charge in [-0.15, -0.1) is 0 Å². The summed E-state index contributed by atoms with van der Waals surface area (Å²) < 4.78 is 0.595. The number of hydrogen-bond acceptors (Lipinski definition) is 3. The van der Waals surface area contributed by atoms with Crippen LogP contribution in [0.2, 0.25) is 0 Å². The Bertz CT molecular complexity index is 372. The predicted molar refractivity (Wildman–Crippen MR) is 58.8 cm³/mol. The Morgan fingerprint density at radius 2 is 2.50 bits per heavy atom. The number of nitrogens with one attached hydrogen (secondary N) is 1. The van der Waals surface area contributed by atoms with Crippen LogP contribution < -0.4 is 5.73 Å². The third-order valence-corrected chi connectivity index (χ3v) is 3.07. The van der Waals surface area contributed by atoms with Crippen molar-refractivity contribution in [2.45, 2.75) is 31.6 Å². The molecule has 0 aromatic carbocycles. The van der Waals surface area contributed by atoms with Crippen molar-refractivity contribution in [1.29, 1.82) is 0 Å². The lowest BCUT2D eigenvalue weighted by Crippen LogP contribution is -2.15. The number of H-pyrrole nitrogens is 1. The maximum Gasteiger partial charge on any atom is 0.196 e. The van der Waals surface area contributed by atoms with Crippen molar-refractivity contribution in [2.24, 2.45) is 5.73 Å². The molecular weight excluding hydrogens is 194 g/mol. The lowest BCUT2D eigenvalue weighted by molar-refractivity contribution is 0.515. The van der Waals surface area contributed by atoms with Crippen LogP contribution in [0.1, 0.15) is 36.4 Å². The molecule has 14 heavy (non-hydrogen) atoms. The Morgan fingerprint density at radius 3 is 3.29 bits per heavy atom. The van der Waals surface area contributed by atoms with E-state index in [4.69, 9.17) is 18.0 Å². The highest BCUT2D eigenvalue weighted by Crippen LogP contribution is 2.31. The van der Waals surface area contributed by atoms with Crippen LogP contribution in [0.25, 0.3) is 0 Å². The number of nitrogens with zero attached hydrogens (tertiary/aromatic N) is 1. The normalized spacial score (nSPS) is 20.5. The number of hydrogen-bond donors (Lipinski definition) is 2. The molecule has 1 aromatic heterocycles. The van der Waals surface area contributed by atoms with Gasteiger partial charge in [0, 0.05) is 11.9 Å². The smallest absolute Gasteiger partial charge is 0.196 e. The Labute approximate surface area is 88.8 Å². The van der Waals surface area contributed by atoms with Gasteiger partial charge in [0.15, 0.2) is 4.77 Å². The van der Waals surface area contributed by atoms with Crippen LogP contribution in [-0.4, -0.2) is 16.5 Å². The van der Waals surface area contributed by atoms with Crippen molar-refractivity contribution in [3.63, 3.8) is 0 Å². The minimum atomic E-state index is 0.586. The molecule has 1 aromatic rings. The minimum Gasteiger partial charge on any atom is -0.334 e. The standard InChI is InChI=1S/C10H15N3S/c11-5-4-7-2-1-3-9-8(7)6-12-10(14)13-9/h6-7H,1-5,11H2,(H,12,13,14). The second-order valence-electron chi connectivity index (χ2n) is 3.79. The molecule has 1 aliphatic rings. The highest BCUT2D eigenvalue weighted by atomic mass is 32.1. The van der Waals surface area contributed by atoms with Crippen LogP contribution >= 0.6 is 12.2 Å². The molecule has 0 saturated heterocycles. The van der Waals surface area contributed by atoms with E-state index in [0.29, 0.717) is 10.7 Å². The van der Waals surface area contributed by atoms with Crippen molar-refractivity contribution in [3.8, 4) is 0 Å². The molecule has 3 N–H and O–H groups in total. The first-order chi connectivity index (χ1) is 6.81. The molecule has 0 fully saturated rings. The fourth-order valence-electron chi connectivity index (χ4n) is 2.18. The van der Waals surface area contributed by atoms with E-state index in [1.807, 2.05) is 6.20 Å². The Kier molecular flexibility index (Phi) is 2.93. The molecule has 1 heterocycles. The van der Waals surface area contributed by atoms with Crippen LogP contribution in [0, 0.1) is 4.77 Å². The molecule has 1 unspecified atom stereocenters. The minimum absolute atomic E-state index is 0.586. The molecule has 1 aliphatic carbocycles. The lowest BCUT2D eigenvalue weighted by atomic mass is 9.84. The number of nitrogens with two attached hydrogens (primary N) is 1. The average molecular weight is 209 g/mol. The maximum atomic E-state index is 5.60. The van der Waals surface area contributed by atoms with Crippen LogP contribution in [0.5, 0.6) is 0 Å². The van der Waals surface area contributed by atoms with Crippen molar-refractivity contribution >= 4 is 12.2 Å². The number of aromatic amines is 1. The summed E-state index contributed by atoms with van der Waals surface area (Å²) in [6.07, 6.45) is 6.54. The first-order valence-corrected chi connectivity index (χ1v) is 5.50. The van der Waals surface area contributed by atoms with Crippen molar-refractivity contribution in [1.82, 2.24) is 9.97 Å². The third-order valence-electron chi connectivity index (χ3n) is 2.86. The van der Waals surface area contributed by atoms with E-state index < -0.39 is 0 Å². The van der Waals surface area contributed by atoms with Gasteiger partial charge in [0.25, 0.3) is 0 Å². The van der Waals surface area contributed by atoms with E-state index in [1.54, 1.807) is 0 Å². The molecule has 0 amide bonds. The fourth-order valence-corrected chi connectivity index (χ4v) is 2.36. The zero-order valence-electron chi connectivity index (χ0n) is 8.12. The third kappa shape index (κ3) is 1.86. The number of aryl methyl sites for hydroxylation is 1. The molecule has 0 bridgehead atoms. The van der Waals surface area contributed by atoms with Gasteiger partial charge < -0.3 is 10.7 Å². The van der Waals surface area contributed by atoms with Crippen molar-refractivity contribution in [2.75, 3.05) is 6.54 Å². The topological polar surface area (TPSA) is 54.7 Å². The monoisotopic (exact) mass is 209 g/mol. The molecule has 4 heteroatoms. The van der Waals surface area contributed by atoms with Crippen LogP contribution in [-0.2, 0) is 6.42 Å². The summed E-state index contributed by atoms with van der Waals surface area (Å²) in [6, 6.07) is 0. The Hall–Kier alpha value is -0.740. The summed E-state index contributed by atoms with van der Waals surface area (Å²) in [5.74, 6) is 0.586. The van der Waals surface area contributed by atoms with E-state index >= 15 is 0 Å². The van der Waals surface area contributed by atoms with Gasteiger partial charge in [-0.05, 0) is 55.9 Å². The second-order valence-corrected chi connectivity index (χ2v) is 4.18. The SMILES string of the molecule is NCCC1CCCc2[nH]c(=S)ncc21. The van der Waals surface area contributed by atoms with E-state index in [1.165, 1.54) is 24.1 Å². The van der Waals surface area contributed by atoms with Crippen LogP contribution in [0.3, 0.4) is 0 Å². The molecular formula is C10H15N3S. The van der Waals surface area contributed by atoms with Gasteiger partial charge in [-0.1, -0.05) is 0 Å². The lowest BCUT2D eigenvalue weighted by Gasteiger charge is -2.24. The highest BCUT2D eigenvalue weighted by molar-refractivity contribution is 7.71. The largest absolute Gasteiger partial charge is 0.334 e. The van der Waals surface area contributed by atoms with Gasteiger partial charge in [-0.25, -0.2) is 4.98 Å². The predicted octanol–water partition coefficient (Wildman–Crippen LogP) is 1.91. The van der Waals surface area contributed by atoms with Crippen LogP contribution in [0.15, 0.2) is 6.20 Å². The number of fused-ring (bicyclic) bond motifs is 1. The summed E-state index contributed by atoms with van der Waals surface area (Å²) in [7, 11) is 0. The molecule has 0 radical (unpaired) electrons. The van der Waals surface area contributed by atoms with Gasteiger partial charge in [0.1, 0.15) is 0 Å². The van der Waals surface area contributed by atoms with Gasteiger partial charge in [-0.3, -0.25) is 0 Å². The summed E-state index contributed by atoms with van der Waals surface area (Å²) in [6.45, 7) is 0.750. The number of rotatable bonds is 2. The number of aromatic nitrogens is 2. The molecule has 2 rings (SSSR count). The van der Waals surface area contributed by atoms with Gasteiger partial charge in [0.2, 0.25) is 0 Å². The quantitative estimate of drug-likeness (QED) is 0.731. The molecule has 0 aliphatic heterocycles. The Balaban J connectivity index is 2.34. The van der Waals surface area contributed by atoms with Gasteiger partial charge in [-0.2, -0.15) is 0 Å². The van der Waals surface area contributed by atoms with E-state index in [9.17, 15) is 0 Å². The molecule has 1 atom stereocenters. The first kappa shape index (κ1) is 9.80. The summed E-state index contributed by atoms with van der Waals surface area (Å²) in [5, 5.41) is 0. The van der Waals surface area contributed by atoms with Crippen molar-refractivity contribution < 1.29 is 0 Å². The zero-order valence-corrected chi connectivity index (χ0v) is 8.94. The summed E-state index contributed by atoms with van der Waals surface area (Å²) in [5.41, 5.74) is 8.20. The molecule has 0 spiro atoms. The van der Waals surface area contributed by atoms with E-state index in [0.717, 1.165) is 19.4 Å². The first-order valence-electron chi connectivity index (χ1n) is 5.09. The van der Waals surface area contributed by atoms with Gasteiger partial charge in [0.05, 0.1) is 0 Å².